The van der Waals surface area contributed by atoms with Crippen LogP contribution in [0.2, 0.25) is 0 Å². The topological polar surface area (TPSA) is 26.0 Å². The Balaban J connectivity index is 0. The van der Waals surface area contributed by atoms with E-state index in [1.165, 1.54) is 25.7 Å². The molecule has 0 spiro atoms. The molecule has 0 aromatic rings. The summed E-state index contributed by atoms with van der Waals surface area (Å²) in [6.45, 7) is 3.07. The van der Waals surface area contributed by atoms with Gasteiger partial charge in [-0.1, -0.05) is 26.2 Å². The summed E-state index contributed by atoms with van der Waals surface area (Å²) in [4.78, 5) is 0. The van der Waals surface area contributed by atoms with Gasteiger partial charge in [0.05, 0.1) is 0 Å². The average Bonchev–Trinajstić information content (AvgIpc) is 1.88. The number of unbranched alkanes of at least 4 members (excludes halogenated alkanes) is 3. The Morgan fingerprint density at radius 3 is 1.82 bits per heavy atom. The zero-order valence-corrected chi connectivity index (χ0v) is 10.6. The zero-order valence-electron chi connectivity index (χ0n) is 6.60. The Labute approximate surface area is 86.6 Å². The summed E-state index contributed by atoms with van der Waals surface area (Å²) >= 11 is -1.75. The molecule has 0 aliphatic rings. The molecule has 0 aromatic carbocycles. The standard InChI is InChI=1S/C6H15N.3ClH.Ru/c1-2-3-4-5-6-7;;;;/h2-7H2,1H3;3*1H;/q;;;;+3/p-3. The van der Waals surface area contributed by atoms with E-state index in [2.05, 4.69) is 6.92 Å². The number of hydrogen-bond donors (Lipinski definition) is 1. The van der Waals surface area contributed by atoms with E-state index in [9.17, 15) is 0 Å². The molecule has 0 heterocycles. The summed E-state index contributed by atoms with van der Waals surface area (Å²) in [5.74, 6) is 0. The molecular formula is C6H15Cl3NRu. The fourth-order valence-corrected chi connectivity index (χ4v) is 0.571. The number of halogens is 3. The summed E-state index contributed by atoms with van der Waals surface area (Å²) in [5.41, 5.74) is 5.27. The fourth-order valence-electron chi connectivity index (χ4n) is 0.571. The van der Waals surface area contributed by atoms with E-state index in [0.29, 0.717) is 0 Å². The van der Waals surface area contributed by atoms with Crippen molar-refractivity contribution in [2.75, 3.05) is 6.54 Å². The summed E-state index contributed by atoms with van der Waals surface area (Å²) in [7, 11) is 14.8. The van der Waals surface area contributed by atoms with E-state index in [1.807, 2.05) is 0 Å². The first-order chi connectivity index (χ1) is 5.15. The predicted molar refractivity (Wildman–Crippen MR) is 50.8 cm³/mol. The van der Waals surface area contributed by atoms with Crippen LogP contribution >= 0.6 is 29.1 Å². The van der Waals surface area contributed by atoms with Gasteiger partial charge in [-0.3, -0.25) is 0 Å². The molecule has 5 heteroatoms. The molecule has 0 bridgehead atoms. The zero-order chi connectivity index (χ0) is 9.11. The second kappa shape index (κ2) is 14.0. The van der Waals surface area contributed by atoms with Crippen LogP contribution in [-0.4, -0.2) is 6.54 Å². The van der Waals surface area contributed by atoms with Crippen LogP contribution in [0.4, 0.5) is 0 Å². The van der Waals surface area contributed by atoms with Crippen molar-refractivity contribution >= 4 is 29.1 Å². The molecule has 0 aromatic heterocycles. The van der Waals surface area contributed by atoms with Gasteiger partial charge in [-0.05, 0) is 13.0 Å². The maximum atomic E-state index is 5.27. The first-order valence-electron chi connectivity index (χ1n) is 3.52. The van der Waals surface area contributed by atoms with Crippen molar-refractivity contribution in [2.24, 2.45) is 5.73 Å². The van der Waals surface area contributed by atoms with Gasteiger partial charge < -0.3 is 5.73 Å². The minimum absolute atomic E-state index is 0.861. The SMILES string of the molecule is CCCCCCN.[Cl][Ru]([Cl])[Cl]. The molecule has 0 aliphatic heterocycles. The Morgan fingerprint density at radius 1 is 1.09 bits per heavy atom. The molecule has 0 saturated carbocycles. The van der Waals surface area contributed by atoms with Crippen molar-refractivity contribution < 1.29 is 13.0 Å². The van der Waals surface area contributed by atoms with Crippen LogP contribution in [0.5, 0.6) is 0 Å². The maximum absolute atomic E-state index is 5.27. The van der Waals surface area contributed by atoms with Gasteiger partial charge in [0, 0.05) is 0 Å². The molecule has 2 N–H and O–H groups in total. The summed E-state index contributed by atoms with van der Waals surface area (Å²) in [6, 6.07) is 0. The van der Waals surface area contributed by atoms with Gasteiger partial charge in [-0.25, -0.2) is 0 Å². The Hall–Kier alpha value is 1.45. The van der Waals surface area contributed by atoms with E-state index in [4.69, 9.17) is 34.8 Å². The van der Waals surface area contributed by atoms with Gasteiger partial charge in [-0.2, -0.15) is 0 Å². The average molecular weight is 309 g/mol. The molecule has 0 atom stereocenters. The molecule has 73 valence electrons. The van der Waals surface area contributed by atoms with Gasteiger partial charge in [0.2, 0.25) is 0 Å². The molecule has 0 unspecified atom stereocenters. The van der Waals surface area contributed by atoms with Crippen LogP contribution in [0.3, 0.4) is 0 Å². The van der Waals surface area contributed by atoms with Crippen LogP contribution in [0.25, 0.3) is 0 Å². The third kappa shape index (κ3) is 34.4. The number of hydrogen-bond acceptors (Lipinski definition) is 1. The Bertz CT molecular complexity index is 57.0. The Morgan fingerprint density at radius 2 is 1.55 bits per heavy atom. The molecule has 0 radical (unpaired) electrons. The summed E-state index contributed by atoms with van der Waals surface area (Å²) in [6.07, 6.45) is 5.16. The van der Waals surface area contributed by atoms with Crippen molar-refractivity contribution in [3.8, 4) is 0 Å². The molecule has 1 nitrogen and oxygen atoms in total. The van der Waals surface area contributed by atoms with Crippen LogP contribution in [0.15, 0.2) is 0 Å². The second-order valence-corrected chi connectivity index (χ2v) is 9.92. The first-order valence-corrected chi connectivity index (χ1v) is 10.2. The van der Waals surface area contributed by atoms with Crippen molar-refractivity contribution in [1.29, 1.82) is 0 Å². The number of rotatable bonds is 4. The molecular weight excluding hydrogens is 294 g/mol. The van der Waals surface area contributed by atoms with E-state index in [1.54, 1.807) is 0 Å². The van der Waals surface area contributed by atoms with Crippen LogP contribution in [0.1, 0.15) is 32.6 Å². The van der Waals surface area contributed by atoms with Crippen molar-refractivity contribution in [3.05, 3.63) is 0 Å². The predicted octanol–water partition coefficient (Wildman–Crippen LogP) is 3.59. The van der Waals surface area contributed by atoms with Crippen molar-refractivity contribution in [1.82, 2.24) is 0 Å². The molecule has 0 amide bonds. The quantitative estimate of drug-likeness (QED) is 0.623. The molecule has 0 saturated heterocycles. The molecule has 0 rings (SSSR count). The number of nitrogens with two attached hydrogens (primary N) is 1. The molecule has 0 aliphatic carbocycles. The molecule has 11 heavy (non-hydrogen) atoms. The minimum atomic E-state index is -1.75. The normalized spacial score (nSPS) is 10.1. The van der Waals surface area contributed by atoms with Gasteiger partial charge in [0.1, 0.15) is 0 Å². The van der Waals surface area contributed by atoms with Gasteiger partial charge in [0.25, 0.3) is 0 Å². The van der Waals surface area contributed by atoms with Crippen LogP contribution in [0, 0.1) is 0 Å². The summed E-state index contributed by atoms with van der Waals surface area (Å²) < 4.78 is 0. The fraction of sp³-hybridized carbons (Fsp3) is 1.00. The van der Waals surface area contributed by atoms with Gasteiger partial charge in [0.15, 0.2) is 0 Å². The third-order valence-electron chi connectivity index (χ3n) is 1.06. The third-order valence-corrected chi connectivity index (χ3v) is 1.06. The molecule has 0 fully saturated rings. The van der Waals surface area contributed by atoms with Gasteiger partial charge >= 0.3 is 42.1 Å². The van der Waals surface area contributed by atoms with Crippen molar-refractivity contribution in [2.45, 2.75) is 32.6 Å². The monoisotopic (exact) mass is 308 g/mol. The van der Waals surface area contributed by atoms with Crippen LogP contribution in [-0.2, 0) is 13.0 Å². The van der Waals surface area contributed by atoms with E-state index < -0.39 is 13.0 Å². The van der Waals surface area contributed by atoms with E-state index >= 15 is 0 Å². The van der Waals surface area contributed by atoms with Gasteiger partial charge in [-0.15, -0.1) is 0 Å². The van der Waals surface area contributed by atoms with Crippen molar-refractivity contribution in [3.63, 3.8) is 0 Å². The van der Waals surface area contributed by atoms with E-state index in [0.717, 1.165) is 6.54 Å². The first kappa shape index (κ1) is 14.9. The summed E-state index contributed by atoms with van der Waals surface area (Å²) in [5, 5.41) is 0. The van der Waals surface area contributed by atoms with Crippen LogP contribution < -0.4 is 5.73 Å². The Kier molecular flexibility index (Phi) is 19.0. The second-order valence-electron chi connectivity index (χ2n) is 2.00. The van der Waals surface area contributed by atoms with E-state index in [-0.39, 0.29) is 0 Å².